The van der Waals surface area contributed by atoms with Gasteiger partial charge in [-0.3, -0.25) is 9.59 Å². The molecule has 8 nitrogen and oxygen atoms in total. The van der Waals surface area contributed by atoms with E-state index in [1.807, 2.05) is 55.5 Å². The van der Waals surface area contributed by atoms with Crippen LogP contribution in [0.1, 0.15) is 101 Å². The van der Waals surface area contributed by atoms with Crippen molar-refractivity contribution < 1.29 is 24.2 Å². The first-order valence-electron chi connectivity index (χ1n) is 16.9. The van der Waals surface area contributed by atoms with Gasteiger partial charge in [-0.2, -0.15) is 0 Å². The SMILES string of the molecule is CCCCCCCCN(C(=O)C(Cc1ccc(O)cc1)NC(=O)OC(C)(C)C)C(C(=O)Nc1ccccc1C)c1ccc(CC)cc1. The fraction of sp³-hybridized carbons (Fsp3) is 0.462. The second-order valence-corrected chi connectivity index (χ2v) is 13.2. The van der Waals surface area contributed by atoms with E-state index in [2.05, 4.69) is 24.5 Å². The molecule has 3 N–H and O–H groups in total. The molecule has 0 saturated carbocycles. The molecule has 3 amide bonds. The zero-order valence-corrected chi connectivity index (χ0v) is 29.0. The molecule has 254 valence electrons. The van der Waals surface area contributed by atoms with Crippen LogP contribution in [0, 0.1) is 6.92 Å². The van der Waals surface area contributed by atoms with Crippen molar-refractivity contribution in [3.05, 3.63) is 95.1 Å². The maximum absolute atomic E-state index is 14.8. The monoisotopic (exact) mass is 643 g/mol. The van der Waals surface area contributed by atoms with E-state index in [0.717, 1.165) is 55.2 Å². The number of phenols is 1. The summed E-state index contributed by atoms with van der Waals surface area (Å²) in [5.74, 6) is -0.615. The number of alkyl carbamates (subject to hydrolysis) is 1. The van der Waals surface area contributed by atoms with E-state index in [9.17, 15) is 19.5 Å². The lowest BCUT2D eigenvalue weighted by molar-refractivity contribution is -0.140. The molecule has 3 aromatic rings. The minimum atomic E-state index is -1.03. The zero-order chi connectivity index (χ0) is 34.4. The van der Waals surface area contributed by atoms with Crippen molar-refractivity contribution in [3.8, 4) is 5.75 Å². The Morgan fingerprint density at radius 2 is 1.45 bits per heavy atom. The third kappa shape index (κ3) is 12.1. The number of aromatic hydroxyl groups is 1. The minimum absolute atomic E-state index is 0.102. The fourth-order valence-electron chi connectivity index (χ4n) is 5.47. The number of aryl methyl sites for hydroxylation is 2. The minimum Gasteiger partial charge on any atom is -0.508 e. The Bertz CT molecular complexity index is 1430. The van der Waals surface area contributed by atoms with Crippen molar-refractivity contribution in [3.63, 3.8) is 0 Å². The Morgan fingerprint density at radius 1 is 0.830 bits per heavy atom. The zero-order valence-electron chi connectivity index (χ0n) is 29.0. The van der Waals surface area contributed by atoms with Crippen LogP contribution in [-0.4, -0.2) is 46.1 Å². The maximum Gasteiger partial charge on any atom is 0.408 e. The van der Waals surface area contributed by atoms with Gasteiger partial charge in [0.2, 0.25) is 5.91 Å². The summed E-state index contributed by atoms with van der Waals surface area (Å²) >= 11 is 0. The molecule has 0 aliphatic carbocycles. The Balaban J connectivity index is 2.07. The van der Waals surface area contributed by atoms with Crippen LogP contribution in [0.4, 0.5) is 10.5 Å². The highest BCUT2D eigenvalue weighted by atomic mass is 16.6. The maximum atomic E-state index is 14.8. The van der Waals surface area contributed by atoms with Crippen molar-refractivity contribution in [2.24, 2.45) is 0 Å². The first kappa shape index (κ1) is 37.1. The highest BCUT2D eigenvalue weighted by molar-refractivity contribution is 5.99. The number of unbranched alkanes of at least 4 members (excludes halogenated alkanes) is 5. The van der Waals surface area contributed by atoms with Crippen LogP contribution in [0.25, 0.3) is 0 Å². The molecule has 0 saturated heterocycles. The molecule has 2 unspecified atom stereocenters. The summed E-state index contributed by atoms with van der Waals surface area (Å²) in [4.78, 5) is 43.8. The lowest BCUT2D eigenvalue weighted by atomic mass is 9.98. The van der Waals surface area contributed by atoms with Gasteiger partial charge in [0, 0.05) is 18.7 Å². The molecule has 0 fully saturated rings. The summed E-state index contributed by atoms with van der Waals surface area (Å²) in [6.45, 7) is 11.8. The fourth-order valence-corrected chi connectivity index (χ4v) is 5.47. The number of hydrogen-bond donors (Lipinski definition) is 3. The summed E-state index contributed by atoms with van der Waals surface area (Å²) in [5.41, 5.74) is 3.36. The highest BCUT2D eigenvalue weighted by Gasteiger charge is 2.36. The van der Waals surface area contributed by atoms with Gasteiger partial charge in [0.25, 0.3) is 5.91 Å². The van der Waals surface area contributed by atoms with Gasteiger partial charge in [0.05, 0.1) is 0 Å². The van der Waals surface area contributed by atoms with Crippen LogP contribution in [0.2, 0.25) is 0 Å². The molecule has 0 aromatic heterocycles. The highest BCUT2D eigenvalue weighted by Crippen LogP contribution is 2.27. The van der Waals surface area contributed by atoms with E-state index < -0.39 is 23.8 Å². The molecule has 0 bridgehead atoms. The van der Waals surface area contributed by atoms with Crippen molar-refractivity contribution in [2.75, 3.05) is 11.9 Å². The predicted octanol–water partition coefficient (Wildman–Crippen LogP) is 8.27. The van der Waals surface area contributed by atoms with Crippen molar-refractivity contribution in [1.29, 1.82) is 0 Å². The van der Waals surface area contributed by atoms with Crippen LogP contribution in [0.3, 0.4) is 0 Å². The Morgan fingerprint density at radius 3 is 2.06 bits per heavy atom. The second-order valence-electron chi connectivity index (χ2n) is 13.2. The number of carbonyl (C=O) groups is 3. The normalized spacial score (nSPS) is 12.6. The number of rotatable bonds is 16. The van der Waals surface area contributed by atoms with Crippen molar-refractivity contribution in [1.82, 2.24) is 10.2 Å². The number of carbonyl (C=O) groups excluding carboxylic acids is 3. The molecule has 2 atom stereocenters. The van der Waals surface area contributed by atoms with Crippen molar-refractivity contribution >= 4 is 23.6 Å². The molecule has 0 spiro atoms. The van der Waals surface area contributed by atoms with Crippen LogP contribution >= 0.6 is 0 Å². The molecular formula is C39H53N3O5. The van der Waals surface area contributed by atoms with Gasteiger partial charge in [-0.25, -0.2) is 4.79 Å². The van der Waals surface area contributed by atoms with Gasteiger partial charge in [0.15, 0.2) is 0 Å². The summed E-state index contributed by atoms with van der Waals surface area (Å²) in [6, 6.07) is 19.9. The number of para-hydroxylation sites is 1. The third-order valence-corrected chi connectivity index (χ3v) is 8.07. The average molecular weight is 644 g/mol. The average Bonchev–Trinajstić information content (AvgIpc) is 3.03. The molecule has 3 rings (SSSR count). The van der Waals surface area contributed by atoms with Crippen LogP contribution in [0.15, 0.2) is 72.8 Å². The number of phenolic OH excluding ortho intramolecular Hbond substituents is 1. The molecule has 8 heteroatoms. The van der Waals surface area contributed by atoms with Gasteiger partial charge in [0.1, 0.15) is 23.4 Å². The van der Waals surface area contributed by atoms with Crippen LogP contribution in [0.5, 0.6) is 5.75 Å². The molecule has 0 radical (unpaired) electrons. The number of hydrogen-bond acceptors (Lipinski definition) is 5. The number of nitrogens with zero attached hydrogens (tertiary/aromatic N) is 1. The molecule has 0 heterocycles. The number of ether oxygens (including phenoxy) is 1. The third-order valence-electron chi connectivity index (χ3n) is 8.07. The predicted molar refractivity (Wildman–Crippen MR) is 188 cm³/mol. The first-order chi connectivity index (χ1) is 22.4. The van der Waals surface area contributed by atoms with Gasteiger partial charge in [-0.05, 0) is 81.0 Å². The summed E-state index contributed by atoms with van der Waals surface area (Å²) in [5, 5.41) is 15.8. The standard InChI is InChI=1S/C39H53N3O5/c1-7-9-10-11-12-15-26-42(37(45)34(41-38(46)47-39(4,5)6)27-30-20-24-32(43)25-21-30)35(31-22-18-29(8-2)19-23-31)36(44)40-33-17-14-13-16-28(33)3/h13-14,16-25,34-35,43H,7-12,15,26-27H2,1-6H3,(H,40,44)(H,41,46). The molecule has 0 aliphatic heterocycles. The van der Waals surface area contributed by atoms with Gasteiger partial charge in [-0.1, -0.05) is 101 Å². The quantitative estimate of drug-likeness (QED) is 0.136. The van der Waals surface area contributed by atoms with E-state index in [1.165, 1.54) is 0 Å². The lowest BCUT2D eigenvalue weighted by Gasteiger charge is -2.35. The topological polar surface area (TPSA) is 108 Å². The number of amides is 3. The summed E-state index contributed by atoms with van der Waals surface area (Å²) < 4.78 is 5.56. The number of nitrogens with one attached hydrogen (secondary N) is 2. The van der Waals surface area contributed by atoms with Gasteiger partial charge >= 0.3 is 6.09 Å². The van der Waals surface area contributed by atoms with Crippen LogP contribution < -0.4 is 10.6 Å². The molecule has 0 aliphatic rings. The molecule has 47 heavy (non-hydrogen) atoms. The van der Waals surface area contributed by atoms with E-state index in [0.29, 0.717) is 24.2 Å². The summed E-state index contributed by atoms with van der Waals surface area (Å²) in [6.07, 6.45) is 6.32. The van der Waals surface area contributed by atoms with Gasteiger partial charge in [-0.15, -0.1) is 0 Å². The Labute approximate surface area is 280 Å². The van der Waals surface area contributed by atoms with Gasteiger partial charge < -0.3 is 25.4 Å². The number of anilines is 1. The first-order valence-corrected chi connectivity index (χ1v) is 16.9. The largest absolute Gasteiger partial charge is 0.508 e. The Hall–Kier alpha value is -4.33. The van der Waals surface area contributed by atoms with E-state index in [-0.39, 0.29) is 24.0 Å². The molecule has 3 aromatic carbocycles. The number of benzene rings is 3. The molecular weight excluding hydrogens is 590 g/mol. The van der Waals surface area contributed by atoms with E-state index in [1.54, 1.807) is 49.9 Å². The van der Waals surface area contributed by atoms with E-state index >= 15 is 0 Å². The smallest absolute Gasteiger partial charge is 0.408 e. The second kappa shape index (κ2) is 18.1. The lowest BCUT2D eigenvalue weighted by Crippen LogP contribution is -2.53. The van der Waals surface area contributed by atoms with E-state index in [4.69, 9.17) is 4.74 Å². The Kier molecular flexibility index (Phi) is 14.3. The summed E-state index contributed by atoms with van der Waals surface area (Å²) in [7, 11) is 0. The van der Waals surface area contributed by atoms with Crippen molar-refractivity contribution in [2.45, 2.75) is 111 Å². The van der Waals surface area contributed by atoms with Crippen LogP contribution in [-0.2, 0) is 27.2 Å².